The van der Waals surface area contributed by atoms with Crippen molar-refractivity contribution in [3.63, 3.8) is 0 Å². The van der Waals surface area contributed by atoms with Gasteiger partial charge in [0.1, 0.15) is 0 Å². The van der Waals surface area contributed by atoms with Crippen molar-refractivity contribution in [2.75, 3.05) is 0 Å². The quantitative estimate of drug-likeness (QED) is 0.751. The summed E-state index contributed by atoms with van der Waals surface area (Å²) in [4.78, 5) is 0. The molecule has 0 saturated carbocycles. The van der Waals surface area contributed by atoms with E-state index in [0.717, 1.165) is 12.8 Å². The van der Waals surface area contributed by atoms with E-state index in [1.165, 1.54) is 5.56 Å². The summed E-state index contributed by atoms with van der Waals surface area (Å²) in [5, 5.41) is 9.59. The molecule has 1 aromatic rings. The molecule has 0 fully saturated rings. The number of aliphatic hydroxyl groups is 1. The molecule has 1 rings (SSSR count). The minimum absolute atomic E-state index is 0.166. The molecular formula is C12H18O. The van der Waals surface area contributed by atoms with E-state index >= 15 is 0 Å². The smallest absolute Gasteiger partial charge is 0.0566 e. The standard InChI is InChI=1S/C12H18O/c1-3-12(13)10(2)9-11-7-5-4-6-8-11/h4-8,10,12-13H,3,9H2,1-2H3/t10?,12-/m1/s1. The Morgan fingerprint density at radius 2 is 1.85 bits per heavy atom. The zero-order chi connectivity index (χ0) is 9.68. The highest BCUT2D eigenvalue weighted by molar-refractivity contribution is 5.15. The number of hydrogen-bond donors (Lipinski definition) is 1. The number of aliphatic hydroxyl groups excluding tert-OH is 1. The molecule has 0 radical (unpaired) electrons. The van der Waals surface area contributed by atoms with Gasteiger partial charge in [0.05, 0.1) is 6.10 Å². The van der Waals surface area contributed by atoms with Gasteiger partial charge in [0.15, 0.2) is 0 Å². The van der Waals surface area contributed by atoms with Gasteiger partial charge in [-0.1, -0.05) is 44.2 Å². The van der Waals surface area contributed by atoms with Crippen LogP contribution in [0.1, 0.15) is 25.8 Å². The molecule has 0 aromatic heterocycles. The number of rotatable bonds is 4. The first-order valence-corrected chi connectivity index (χ1v) is 4.96. The fraction of sp³-hybridized carbons (Fsp3) is 0.500. The van der Waals surface area contributed by atoms with Crippen molar-refractivity contribution in [3.8, 4) is 0 Å². The molecule has 13 heavy (non-hydrogen) atoms. The van der Waals surface area contributed by atoms with Crippen LogP contribution in [0.25, 0.3) is 0 Å². The van der Waals surface area contributed by atoms with Crippen LogP contribution in [0.3, 0.4) is 0 Å². The normalized spacial score (nSPS) is 15.3. The predicted molar refractivity (Wildman–Crippen MR) is 55.6 cm³/mol. The first-order valence-electron chi connectivity index (χ1n) is 4.96. The van der Waals surface area contributed by atoms with Crippen molar-refractivity contribution >= 4 is 0 Å². The maximum absolute atomic E-state index is 9.59. The minimum Gasteiger partial charge on any atom is -0.393 e. The van der Waals surface area contributed by atoms with Crippen LogP contribution >= 0.6 is 0 Å². The van der Waals surface area contributed by atoms with Crippen LogP contribution in [0, 0.1) is 5.92 Å². The van der Waals surface area contributed by atoms with Crippen LogP contribution in [0.5, 0.6) is 0 Å². The summed E-state index contributed by atoms with van der Waals surface area (Å²) in [6.07, 6.45) is 1.64. The van der Waals surface area contributed by atoms with Gasteiger partial charge in [-0.3, -0.25) is 0 Å². The zero-order valence-electron chi connectivity index (χ0n) is 8.40. The summed E-state index contributed by atoms with van der Waals surface area (Å²) in [5.74, 6) is 0.354. The molecule has 0 saturated heterocycles. The summed E-state index contributed by atoms with van der Waals surface area (Å²) < 4.78 is 0. The zero-order valence-corrected chi connectivity index (χ0v) is 8.40. The molecule has 0 aliphatic heterocycles. The van der Waals surface area contributed by atoms with E-state index in [2.05, 4.69) is 19.1 Å². The Balaban J connectivity index is 2.50. The van der Waals surface area contributed by atoms with E-state index in [-0.39, 0.29) is 6.10 Å². The van der Waals surface area contributed by atoms with E-state index in [1.54, 1.807) is 0 Å². The second-order valence-corrected chi connectivity index (χ2v) is 3.64. The van der Waals surface area contributed by atoms with Crippen molar-refractivity contribution in [1.82, 2.24) is 0 Å². The molecule has 2 atom stereocenters. The van der Waals surface area contributed by atoms with Gasteiger partial charge >= 0.3 is 0 Å². The van der Waals surface area contributed by atoms with Crippen molar-refractivity contribution in [2.45, 2.75) is 32.8 Å². The molecule has 0 aliphatic carbocycles. The fourth-order valence-electron chi connectivity index (χ4n) is 1.52. The van der Waals surface area contributed by atoms with Gasteiger partial charge in [-0.05, 0) is 24.3 Å². The average molecular weight is 178 g/mol. The van der Waals surface area contributed by atoms with E-state index in [9.17, 15) is 5.11 Å². The second kappa shape index (κ2) is 5.03. The van der Waals surface area contributed by atoms with Gasteiger partial charge in [-0.15, -0.1) is 0 Å². The van der Waals surface area contributed by atoms with Crippen LogP contribution in [-0.4, -0.2) is 11.2 Å². The lowest BCUT2D eigenvalue weighted by Crippen LogP contribution is -2.18. The largest absolute Gasteiger partial charge is 0.393 e. The van der Waals surface area contributed by atoms with E-state index in [1.807, 2.05) is 25.1 Å². The molecule has 0 heterocycles. The Morgan fingerprint density at radius 1 is 1.23 bits per heavy atom. The van der Waals surface area contributed by atoms with Crippen LogP contribution in [0.2, 0.25) is 0 Å². The van der Waals surface area contributed by atoms with E-state index in [0.29, 0.717) is 5.92 Å². The van der Waals surface area contributed by atoms with Crippen LogP contribution in [0.4, 0.5) is 0 Å². The second-order valence-electron chi connectivity index (χ2n) is 3.64. The Hall–Kier alpha value is -0.820. The molecule has 1 heteroatoms. The number of hydrogen-bond acceptors (Lipinski definition) is 1. The van der Waals surface area contributed by atoms with Gasteiger partial charge in [-0.25, -0.2) is 0 Å². The molecule has 1 N–H and O–H groups in total. The first-order chi connectivity index (χ1) is 6.24. The molecule has 1 unspecified atom stereocenters. The highest BCUT2D eigenvalue weighted by Gasteiger charge is 2.11. The van der Waals surface area contributed by atoms with Gasteiger partial charge in [-0.2, -0.15) is 0 Å². The number of benzene rings is 1. The summed E-state index contributed by atoms with van der Waals surface area (Å²) >= 11 is 0. The molecule has 1 aromatic carbocycles. The first kappa shape index (κ1) is 10.3. The SMILES string of the molecule is CC[C@@H](O)C(C)Cc1ccccc1. The van der Waals surface area contributed by atoms with Gasteiger partial charge < -0.3 is 5.11 Å². The van der Waals surface area contributed by atoms with Crippen molar-refractivity contribution < 1.29 is 5.11 Å². The van der Waals surface area contributed by atoms with Gasteiger partial charge in [0.2, 0.25) is 0 Å². The molecule has 1 nitrogen and oxygen atoms in total. The monoisotopic (exact) mass is 178 g/mol. The third kappa shape index (κ3) is 3.19. The van der Waals surface area contributed by atoms with E-state index < -0.39 is 0 Å². The van der Waals surface area contributed by atoms with Crippen molar-refractivity contribution in [3.05, 3.63) is 35.9 Å². The van der Waals surface area contributed by atoms with Crippen molar-refractivity contribution in [2.24, 2.45) is 5.92 Å². The Morgan fingerprint density at radius 3 is 2.38 bits per heavy atom. The molecule has 0 spiro atoms. The molecular weight excluding hydrogens is 160 g/mol. The maximum Gasteiger partial charge on any atom is 0.0566 e. The van der Waals surface area contributed by atoms with Crippen LogP contribution in [-0.2, 0) is 6.42 Å². The lowest BCUT2D eigenvalue weighted by molar-refractivity contribution is 0.113. The lowest BCUT2D eigenvalue weighted by Gasteiger charge is -2.16. The summed E-state index contributed by atoms with van der Waals surface area (Å²) in [6.45, 7) is 4.12. The van der Waals surface area contributed by atoms with Gasteiger partial charge in [0.25, 0.3) is 0 Å². The molecule has 0 amide bonds. The third-order valence-corrected chi connectivity index (χ3v) is 2.48. The van der Waals surface area contributed by atoms with Crippen molar-refractivity contribution in [1.29, 1.82) is 0 Å². The topological polar surface area (TPSA) is 20.2 Å². The predicted octanol–water partition coefficient (Wildman–Crippen LogP) is 2.64. The summed E-state index contributed by atoms with van der Waals surface area (Å²) in [5.41, 5.74) is 1.31. The highest BCUT2D eigenvalue weighted by atomic mass is 16.3. The van der Waals surface area contributed by atoms with E-state index in [4.69, 9.17) is 0 Å². The maximum atomic E-state index is 9.59. The van der Waals surface area contributed by atoms with Crippen LogP contribution < -0.4 is 0 Å². The highest BCUT2D eigenvalue weighted by Crippen LogP contribution is 2.13. The Kier molecular flexibility index (Phi) is 3.97. The lowest BCUT2D eigenvalue weighted by atomic mass is 9.95. The summed E-state index contributed by atoms with van der Waals surface area (Å²) in [7, 11) is 0. The Bertz CT molecular complexity index is 230. The average Bonchev–Trinajstić information content (AvgIpc) is 2.18. The fourth-order valence-corrected chi connectivity index (χ4v) is 1.52. The summed E-state index contributed by atoms with van der Waals surface area (Å²) in [6, 6.07) is 10.3. The minimum atomic E-state index is -0.166. The molecule has 0 bridgehead atoms. The van der Waals surface area contributed by atoms with Crippen LogP contribution in [0.15, 0.2) is 30.3 Å². The molecule has 72 valence electrons. The molecule has 0 aliphatic rings. The Labute approximate surface area is 80.4 Å². The third-order valence-electron chi connectivity index (χ3n) is 2.48. The van der Waals surface area contributed by atoms with Gasteiger partial charge in [0, 0.05) is 0 Å².